The molecular weight excluding hydrogens is 446 g/mol. The van der Waals surface area contributed by atoms with Crippen LogP contribution in [0, 0.1) is 6.92 Å². The van der Waals surface area contributed by atoms with Crippen LogP contribution in [0.3, 0.4) is 0 Å². The van der Waals surface area contributed by atoms with Gasteiger partial charge in [-0.1, -0.05) is 42.0 Å². The molecule has 0 aliphatic rings. The number of amides is 1. The first-order valence-electron chi connectivity index (χ1n) is 9.28. The number of fused-ring (bicyclic) bond motifs is 1. The molecule has 4 rings (SSSR count). The fourth-order valence-electron chi connectivity index (χ4n) is 2.95. The third kappa shape index (κ3) is 4.41. The lowest BCUT2D eigenvalue weighted by atomic mass is 10.1. The van der Waals surface area contributed by atoms with E-state index in [0.29, 0.717) is 11.3 Å². The summed E-state index contributed by atoms with van der Waals surface area (Å²) in [5, 5.41) is 2.69. The second-order valence-electron chi connectivity index (χ2n) is 6.79. The fourth-order valence-corrected chi connectivity index (χ4v) is 3.33. The summed E-state index contributed by atoms with van der Waals surface area (Å²) >= 11 is 3.35. The zero-order valence-corrected chi connectivity index (χ0v) is 17.7. The van der Waals surface area contributed by atoms with Crippen molar-refractivity contribution in [2.24, 2.45) is 0 Å². The molecule has 0 spiro atoms. The van der Waals surface area contributed by atoms with Gasteiger partial charge in [-0.25, -0.2) is 9.78 Å². The molecule has 2 N–H and O–H groups in total. The number of carbonyl (C=O) groups is 2. The Morgan fingerprint density at radius 3 is 2.60 bits per heavy atom. The average Bonchev–Trinajstić information content (AvgIpc) is 3.17. The van der Waals surface area contributed by atoms with Gasteiger partial charge in [-0.15, -0.1) is 0 Å². The molecule has 0 bridgehead atoms. The molecule has 3 aromatic carbocycles. The molecule has 1 aromatic heterocycles. The number of nitrogens with one attached hydrogen (secondary N) is 2. The van der Waals surface area contributed by atoms with E-state index >= 15 is 0 Å². The van der Waals surface area contributed by atoms with Gasteiger partial charge in [0.1, 0.15) is 5.82 Å². The summed E-state index contributed by atoms with van der Waals surface area (Å²) in [4.78, 5) is 32.2. The number of rotatable bonds is 5. The number of hydrogen-bond donors (Lipinski definition) is 2. The molecule has 1 amide bonds. The summed E-state index contributed by atoms with van der Waals surface area (Å²) in [5.41, 5.74) is 4.55. The van der Waals surface area contributed by atoms with Gasteiger partial charge in [0.2, 0.25) is 0 Å². The Bertz CT molecular complexity index is 1230. The Kier molecular flexibility index (Phi) is 5.63. The van der Waals surface area contributed by atoms with E-state index in [9.17, 15) is 9.59 Å². The Morgan fingerprint density at radius 2 is 1.83 bits per heavy atom. The zero-order chi connectivity index (χ0) is 21.1. The summed E-state index contributed by atoms with van der Waals surface area (Å²) in [6.07, 6.45) is 0. The van der Waals surface area contributed by atoms with E-state index in [1.165, 1.54) is 5.56 Å². The van der Waals surface area contributed by atoms with Gasteiger partial charge in [0.25, 0.3) is 5.91 Å². The van der Waals surface area contributed by atoms with Gasteiger partial charge in [-0.3, -0.25) is 4.79 Å². The van der Waals surface area contributed by atoms with Gasteiger partial charge in [-0.05, 0) is 53.2 Å². The van der Waals surface area contributed by atoms with Gasteiger partial charge in [0.05, 0.1) is 22.3 Å². The number of anilines is 1. The Labute approximate surface area is 181 Å². The molecule has 0 saturated carbocycles. The van der Waals surface area contributed by atoms with Crippen molar-refractivity contribution in [1.29, 1.82) is 0 Å². The number of halogens is 1. The van der Waals surface area contributed by atoms with Crippen LogP contribution in [0.25, 0.3) is 22.4 Å². The maximum atomic E-state index is 12.4. The number of H-pyrrole nitrogens is 1. The van der Waals surface area contributed by atoms with Crippen LogP contribution in [0.2, 0.25) is 0 Å². The largest absolute Gasteiger partial charge is 0.452 e. The molecule has 6 nitrogen and oxygen atoms in total. The summed E-state index contributed by atoms with van der Waals surface area (Å²) in [5.74, 6) is -0.270. The number of benzene rings is 3. The first kappa shape index (κ1) is 19.8. The summed E-state index contributed by atoms with van der Waals surface area (Å²) in [7, 11) is 0. The van der Waals surface area contributed by atoms with Gasteiger partial charge in [0.15, 0.2) is 6.61 Å². The summed E-state index contributed by atoms with van der Waals surface area (Å²) < 4.78 is 5.90. The SMILES string of the molecule is Cc1ccc(-c2nc3ccc(C(=O)OCC(=O)Nc4ccccc4Br)cc3[nH]2)cc1. The lowest BCUT2D eigenvalue weighted by molar-refractivity contribution is -0.119. The molecule has 0 atom stereocenters. The van der Waals surface area contributed by atoms with Crippen molar-refractivity contribution in [3.8, 4) is 11.4 Å². The van der Waals surface area contributed by atoms with Crippen molar-refractivity contribution in [3.05, 3.63) is 82.3 Å². The highest BCUT2D eigenvalue weighted by molar-refractivity contribution is 9.10. The van der Waals surface area contributed by atoms with Crippen molar-refractivity contribution in [2.75, 3.05) is 11.9 Å². The predicted molar refractivity (Wildman–Crippen MR) is 119 cm³/mol. The lowest BCUT2D eigenvalue weighted by Gasteiger charge is -2.08. The molecule has 7 heteroatoms. The van der Waals surface area contributed by atoms with Crippen molar-refractivity contribution in [1.82, 2.24) is 9.97 Å². The first-order valence-corrected chi connectivity index (χ1v) is 10.1. The Morgan fingerprint density at radius 1 is 1.07 bits per heavy atom. The first-order chi connectivity index (χ1) is 14.5. The minimum Gasteiger partial charge on any atom is -0.452 e. The number of carbonyl (C=O) groups excluding carboxylic acids is 2. The fraction of sp³-hybridized carbons (Fsp3) is 0.0870. The van der Waals surface area contributed by atoms with Crippen molar-refractivity contribution >= 4 is 44.5 Å². The monoisotopic (exact) mass is 463 g/mol. The number of imidazole rings is 1. The molecule has 0 radical (unpaired) electrons. The number of hydrogen-bond acceptors (Lipinski definition) is 4. The van der Waals surface area contributed by atoms with E-state index in [2.05, 4.69) is 31.2 Å². The molecule has 0 aliphatic heterocycles. The van der Waals surface area contributed by atoms with Crippen LogP contribution in [0.4, 0.5) is 5.69 Å². The minimum atomic E-state index is -0.578. The Hall–Kier alpha value is -3.45. The molecule has 0 unspecified atom stereocenters. The quantitative estimate of drug-likeness (QED) is 0.403. The van der Waals surface area contributed by atoms with Crippen LogP contribution in [0.15, 0.2) is 71.2 Å². The highest BCUT2D eigenvalue weighted by Gasteiger charge is 2.13. The van der Waals surface area contributed by atoms with Crippen LogP contribution >= 0.6 is 15.9 Å². The van der Waals surface area contributed by atoms with Crippen molar-refractivity contribution < 1.29 is 14.3 Å². The molecule has 150 valence electrons. The van der Waals surface area contributed by atoms with E-state index in [4.69, 9.17) is 4.74 Å². The maximum absolute atomic E-state index is 12.4. The maximum Gasteiger partial charge on any atom is 0.338 e. The number of esters is 1. The second kappa shape index (κ2) is 8.51. The van der Waals surface area contributed by atoms with E-state index in [1.54, 1.807) is 30.3 Å². The van der Waals surface area contributed by atoms with E-state index in [1.807, 2.05) is 43.3 Å². The van der Waals surface area contributed by atoms with Gasteiger partial charge in [-0.2, -0.15) is 0 Å². The van der Waals surface area contributed by atoms with E-state index < -0.39 is 11.9 Å². The van der Waals surface area contributed by atoms with Gasteiger partial charge in [0, 0.05) is 10.0 Å². The van der Waals surface area contributed by atoms with Crippen LogP contribution in [-0.2, 0) is 9.53 Å². The third-order valence-electron chi connectivity index (χ3n) is 4.52. The van der Waals surface area contributed by atoms with E-state index in [-0.39, 0.29) is 6.61 Å². The van der Waals surface area contributed by atoms with Crippen molar-refractivity contribution in [3.63, 3.8) is 0 Å². The predicted octanol–water partition coefficient (Wildman–Crippen LogP) is 5.10. The smallest absolute Gasteiger partial charge is 0.338 e. The highest BCUT2D eigenvalue weighted by atomic mass is 79.9. The molecular formula is C23H18BrN3O3. The summed E-state index contributed by atoms with van der Waals surface area (Å²) in [6.45, 7) is 1.65. The van der Waals surface area contributed by atoms with Crippen LogP contribution in [0.5, 0.6) is 0 Å². The van der Waals surface area contributed by atoms with Crippen LogP contribution in [-0.4, -0.2) is 28.5 Å². The molecule has 4 aromatic rings. The topological polar surface area (TPSA) is 84.1 Å². The highest BCUT2D eigenvalue weighted by Crippen LogP contribution is 2.23. The molecule has 0 aliphatic carbocycles. The van der Waals surface area contributed by atoms with Gasteiger partial charge >= 0.3 is 5.97 Å². The number of nitrogens with zero attached hydrogens (tertiary/aromatic N) is 1. The summed E-state index contributed by atoms with van der Waals surface area (Å²) in [6, 6.07) is 20.3. The average molecular weight is 464 g/mol. The number of aromatic amines is 1. The number of para-hydroxylation sites is 1. The van der Waals surface area contributed by atoms with Crippen LogP contribution in [0.1, 0.15) is 15.9 Å². The standard InChI is InChI=1S/C23H18BrN3O3/c1-14-6-8-15(9-7-14)22-26-19-11-10-16(12-20(19)27-22)23(29)30-13-21(28)25-18-5-3-2-4-17(18)24/h2-12H,13H2,1H3,(H,25,28)(H,26,27). The zero-order valence-electron chi connectivity index (χ0n) is 16.1. The Balaban J connectivity index is 1.43. The number of ether oxygens (including phenoxy) is 1. The molecule has 0 fully saturated rings. The molecule has 0 saturated heterocycles. The van der Waals surface area contributed by atoms with Crippen molar-refractivity contribution in [2.45, 2.75) is 6.92 Å². The third-order valence-corrected chi connectivity index (χ3v) is 5.22. The van der Waals surface area contributed by atoms with Crippen LogP contribution < -0.4 is 5.32 Å². The second-order valence-corrected chi connectivity index (χ2v) is 7.64. The minimum absolute atomic E-state index is 0.343. The van der Waals surface area contributed by atoms with E-state index in [0.717, 1.165) is 26.9 Å². The normalized spacial score (nSPS) is 10.7. The molecule has 30 heavy (non-hydrogen) atoms. The molecule has 1 heterocycles. The lowest BCUT2D eigenvalue weighted by Crippen LogP contribution is -2.21. The van der Waals surface area contributed by atoms with Gasteiger partial charge < -0.3 is 15.0 Å². The number of aromatic nitrogens is 2. The number of aryl methyl sites for hydroxylation is 1.